The van der Waals surface area contributed by atoms with Crippen molar-refractivity contribution in [3.8, 4) is 0 Å². The molecule has 0 aliphatic carbocycles. The van der Waals surface area contributed by atoms with Crippen molar-refractivity contribution < 1.29 is 4.74 Å². The number of hydrogen-bond acceptors (Lipinski definition) is 1. The van der Waals surface area contributed by atoms with Gasteiger partial charge >= 0.3 is 0 Å². The van der Waals surface area contributed by atoms with Crippen molar-refractivity contribution in [1.29, 1.82) is 0 Å². The summed E-state index contributed by atoms with van der Waals surface area (Å²) in [6, 6.07) is 21.0. The highest BCUT2D eigenvalue weighted by Crippen LogP contribution is 2.36. The molecule has 0 amide bonds. The molecule has 1 nitrogen and oxygen atoms in total. The van der Waals surface area contributed by atoms with Crippen molar-refractivity contribution in [2.45, 2.75) is 0 Å². The number of methoxy groups -OCH3 is 1. The Morgan fingerprint density at radius 3 is 1.79 bits per heavy atom. The molecule has 0 spiro atoms. The Hall–Kier alpha value is -1.85. The number of rotatable bonds is 5. The van der Waals surface area contributed by atoms with E-state index in [1.807, 2.05) is 12.1 Å². The summed E-state index contributed by atoms with van der Waals surface area (Å²) in [4.78, 5) is 0. The number of hydrogen-bond donors (Lipinski definition) is 0. The molecule has 0 saturated carbocycles. The van der Waals surface area contributed by atoms with Crippen molar-refractivity contribution >= 4 is 18.5 Å². The summed E-state index contributed by atoms with van der Waals surface area (Å²) in [6.45, 7) is 3.79. The highest BCUT2D eigenvalue weighted by Gasteiger charge is 2.11. The molecule has 0 saturated heterocycles. The first kappa shape index (κ1) is 13.6. The molecule has 2 aromatic rings. The van der Waals surface area contributed by atoms with Gasteiger partial charge in [-0.15, -0.1) is 0 Å². The first-order chi connectivity index (χ1) is 9.35. The lowest BCUT2D eigenvalue weighted by atomic mass is 10.4. The van der Waals surface area contributed by atoms with E-state index in [2.05, 4.69) is 60.9 Å². The third-order valence-electron chi connectivity index (χ3n) is 2.76. The lowest BCUT2D eigenvalue weighted by Crippen LogP contribution is -2.10. The minimum atomic E-state index is -0.560. The fraction of sp³-hybridized carbons (Fsp3) is 0.0588. The van der Waals surface area contributed by atoms with Gasteiger partial charge in [0.05, 0.1) is 7.11 Å². The molecule has 2 rings (SSSR count). The van der Waals surface area contributed by atoms with Crippen molar-refractivity contribution in [2.24, 2.45) is 0 Å². The smallest absolute Gasteiger partial charge is 0.119 e. The van der Waals surface area contributed by atoms with Gasteiger partial charge in [-0.25, -0.2) is 0 Å². The molecule has 0 heterocycles. The van der Waals surface area contributed by atoms with Crippen molar-refractivity contribution in [1.82, 2.24) is 0 Å². The molecular formula is C17H17OP. The largest absolute Gasteiger partial charge is 0.497 e. The van der Waals surface area contributed by atoms with Crippen molar-refractivity contribution in [2.75, 3.05) is 7.11 Å². The van der Waals surface area contributed by atoms with Gasteiger partial charge in [-0.1, -0.05) is 67.2 Å². The van der Waals surface area contributed by atoms with Crippen LogP contribution in [0, 0.1) is 0 Å². The maximum absolute atomic E-state index is 5.33. The first-order valence-corrected chi connectivity index (χ1v) is 7.54. The van der Waals surface area contributed by atoms with Gasteiger partial charge in [0.2, 0.25) is 0 Å². The molecule has 0 bridgehead atoms. The molecule has 19 heavy (non-hydrogen) atoms. The van der Waals surface area contributed by atoms with Crippen LogP contribution in [0.15, 0.2) is 84.9 Å². The van der Waals surface area contributed by atoms with Crippen LogP contribution in [0.4, 0.5) is 0 Å². The maximum atomic E-state index is 5.33. The molecule has 0 N–H and O–H groups in total. The van der Waals surface area contributed by atoms with Crippen molar-refractivity contribution in [3.05, 3.63) is 84.9 Å². The quantitative estimate of drug-likeness (QED) is 0.455. The number of benzene rings is 2. The zero-order valence-corrected chi connectivity index (χ0v) is 11.9. The monoisotopic (exact) mass is 268 g/mol. The molecule has 0 aliphatic rings. The van der Waals surface area contributed by atoms with E-state index in [4.69, 9.17) is 4.74 Å². The first-order valence-electron chi connectivity index (χ1n) is 6.12. The van der Waals surface area contributed by atoms with Gasteiger partial charge in [0.25, 0.3) is 0 Å². The van der Waals surface area contributed by atoms with Crippen LogP contribution in [0.25, 0.3) is 0 Å². The van der Waals surface area contributed by atoms with E-state index in [1.54, 1.807) is 13.2 Å². The van der Waals surface area contributed by atoms with E-state index in [-0.39, 0.29) is 0 Å². The molecule has 2 aromatic carbocycles. The highest BCUT2D eigenvalue weighted by atomic mass is 31.1. The SMILES string of the molecule is C=C/C(=C/P(c1ccccc1)c1ccccc1)OC. The predicted molar refractivity (Wildman–Crippen MR) is 84.4 cm³/mol. The number of ether oxygens (including phenoxy) is 1. The Balaban J connectivity index is 2.45. The second-order valence-electron chi connectivity index (χ2n) is 3.98. The molecule has 0 aromatic heterocycles. The Morgan fingerprint density at radius 2 is 1.42 bits per heavy atom. The van der Waals surface area contributed by atoms with Crippen LogP contribution in [0.5, 0.6) is 0 Å². The zero-order chi connectivity index (χ0) is 13.5. The van der Waals surface area contributed by atoms with Gasteiger partial charge in [-0.3, -0.25) is 0 Å². The van der Waals surface area contributed by atoms with Crippen LogP contribution < -0.4 is 10.6 Å². The third-order valence-corrected chi connectivity index (χ3v) is 4.98. The Bertz CT molecular complexity index is 506. The highest BCUT2D eigenvalue weighted by molar-refractivity contribution is 7.75. The van der Waals surface area contributed by atoms with Crippen LogP contribution in [-0.2, 0) is 4.74 Å². The Morgan fingerprint density at radius 1 is 0.947 bits per heavy atom. The molecule has 2 heteroatoms. The average Bonchev–Trinajstić information content (AvgIpc) is 2.50. The molecule has 0 aliphatic heterocycles. The van der Waals surface area contributed by atoms with E-state index in [9.17, 15) is 0 Å². The van der Waals surface area contributed by atoms with Gasteiger partial charge in [-0.2, -0.15) is 0 Å². The fourth-order valence-electron chi connectivity index (χ4n) is 1.79. The summed E-state index contributed by atoms with van der Waals surface area (Å²) < 4.78 is 5.33. The standard InChI is InChI=1S/C17H17OP/c1-3-15(18-2)14-19(16-10-6-4-7-11-16)17-12-8-5-9-13-17/h3-14H,1H2,2H3/b15-14-. The van der Waals surface area contributed by atoms with E-state index >= 15 is 0 Å². The topological polar surface area (TPSA) is 9.23 Å². The molecule has 0 unspecified atom stereocenters. The van der Waals surface area contributed by atoms with Crippen LogP contribution >= 0.6 is 7.92 Å². The summed E-state index contributed by atoms with van der Waals surface area (Å²) in [7, 11) is 1.12. The van der Waals surface area contributed by atoms with Crippen LogP contribution in [0.3, 0.4) is 0 Å². The van der Waals surface area contributed by atoms with Gasteiger partial charge in [0, 0.05) is 0 Å². The van der Waals surface area contributed by atoms with Gasteiger partial charge < -0.3 is 4.74 Å². The second kappa shape index (κ2) is 6.92. The average molecular weight is 268 g/mol. The fourth-order valence-corrected chi connectivity index (χ4v) is 3.84. The lowest BCUT2D eigenvalue weighted by Gasteiger charge is -2.15. The van der Waals surface area contributed by atoms with Crippen LogP contribution in [0.2, 0.25) is 0 Å². The minimum absolute atomic E-state index is 0.560. The van der Waals surface area contributed by atoms with Gasteiger partial charge in [-0.05, 0) is 30.4 Å². The lowest BCUT2D eigenvalue weighted by molar-refractivity contribution is 0.308. The van der Waals surface area contributed by atoms with Gasteiger partial charge in [0.15, 0.2) is 0 Å². The summed E-state index contributed by atoms with van der Waals surface area (Å²) in [5, 5.41) is 2.61. The summed E-state index contributed by atoms with van der Waals surface area (Å²) >= 11 is 0. The van der Waals surface area contributed by atoms with E-state index in [0.717, 1.165) is 5.76 Å². The summed E-state index contributed by atoms with van der Waals surface area (Å²) in [5.41, 5.74) is 0. The van der Waals surface area contributed by atoms with E-state index < -0.39 is 7.92 Å². The number of allylic oxidation sites excluding steroid dienone is 1. The molecule has 0 fully saturated rings. The normalized spacial score (nSPS) is 11.4. The van der Waals surface area contributed by atoms with Crippen LogP contribution in [-0.4, -0.2) is 7.11 Å². The molecule has 0 radical (unpaired) electrons. The minimum Gasteiger partial charge on any atom is -0.497 e. The maximum Gasteiger partial charge on any atom is 0.119 e. The summed E-state index contributed by atoms with van der Waals surface area (Å²) in [6.07, 6.45) is 1.75. The van der Waals surface area contributed by atoms with E-state index in [0.29, 0.717) is 0 Å². The van der Waals surface area contributed by atoms with Gasteiger partial charge in [0.1, 0.15) is 5.76 Å². The molecular weight excluding hydrogens is 251 g/mol. The zero-order valence-electron chi connectivity index (χ0n) is 11.0. The Kier molecular flexibility index (Phi) is 4.94. The van der Waals surface area contributed by atoms with Crippen LogP contribution in [0.1, 0.15) is 0 Å². The Labute approximate surface area is 116 Å². The summed E-state index contributed by atoms with van der Waals surface area (Å²) in [5.74, 6) is 2.98. The van der Waals surface area contributed by atoms with Crippen molar-refractivity contribution in [3.63, 3.8) is 0 Å². The van der Waals surface area contributed by atoms with E-state index in [1.165, 1.54) is 10.6 Å². The molecule has 0 atom stereocenters. The third kappa shape index (κ3) is 3.56. The molecule has 96 valence electrons. The second-order valence-corrected chi connectivity index (χ2v) is 6.01. The predicted octanol–water partition coefficient (Wildman–Crippen LogP) is 3.79.